The molecule has 0 aliphatic heterocycles. The molecule has 5 heteroatoms. The molecule has 1 amide bonds. The summed E-state index contributed by atoms with van der Waals surface area (Å²) in [6.45, 7) is 1.90. The van der Waals surface area contributed by atoms with Crippen LogP contribution in [0.15, 0.2) is 18.2 Å². The lowest BCUT2D eigenvalue weighted by atomic mass is 9.77. The zero-order valence-corrected chi connectivity index (χ0v) is 10.5. The van der Waals surface area contributed by atoms with Crippen LogP contribution < -0.4 is 11.1 Å². The van der Waals surface area contributed by atoms with Gasteiger partial charge in [-0.05, 0) is 43.9 Å². The fraction of sp³-hybridized carbons (Fsp3) is 0.417. The Hall–Kier alpha value is -1.26. The predicted molar refractivity (Wildman–Crippen MR) is 69.5 cm³/mol. The minimum absolute atomic E-state index is 0. The molecule has 0 spiro atoms. The number of rotatable bonds is 2. The summed E-state index contributed by atoms with van der Waals surface area (Å²) in [6.07, 6.45) is 2.42. The number of nitrogens with two attached hydrogens (primary N) is 1. The van der Waals surface area contributed by atoms with Gasteiger partial charge in [-0.15, -0.1) is 12.4 Å². The minimum atomic E-state index is -0.740. The molecule has 1 saturated carbocycles. The fourth-order valence-corrected chi connectivity index (χ4v) is 1.78. The molecule has 0 bridgehead atoms. The van der Waals surface area contributed by atoms with Gasteiger partial charge in [0, 0.05) is 0 Å². The number of hydrogen-bond donors (Lipinski definition) is 3. The van der Waals surface area contributed by atoms with Crippen molar-refractivity contribution in [3.63, 3.8) is 0 Å². The van der Waals surface area contributed by atoms with Gasteiger partial charge in [-0.2, -0.15) is 0 Å². The summed E-state index contributed by atoms with van der Waals surface area (Å²) in [4.78, 5) is 11.8. The van der Waals surface area contributed by atoms with Crippen LogP contribution >= 0.6 is 12.4 Å². The van der Waals surface area contributed by atoms with Crippen LogP contribution in [0.5, 0.6) is 5.75 Å². The van der Waals surface area contributed by atoms with Gasteiger partial charge in [0.05, 0.1) is 11.2 Å². The molecular formula is C12H17ClN2O2. The van der Waals surface area contributed by atoms with E-state index in [0.29, 0.717) is 18.5 Å². The number of amides is 1. The molecule has 0 atom stereocenters. The Balaban J connectivity index is 0.00000144. The number of benzene rings is 1. The van der Waals surface area contributed by atoms with E-state index in [0.717, 1.165) is 12.0 Å². The van der Waals surface area contributed by atoms with Crippen molar-refractivity contribution in [3.8, 4) is 5.75 Å². The third-order valence-electron chi connectivity index (χ3n) is 3.10. The maximum absolute atomic E-state index is 11.8. The van der Waals surface area contributed by atoms with E-state index < -0.39 is 5.54 Å². The van der Waals surface area contributed by atoms with E-state index in [1.807, 2.05) is 6.92 Å². The summed E-state index contributed by atoms with van der Waals surface area (Å²) in [7, 11) is 0. The second-order valence-electron chi connectivity index (χ2n) is 4.48. The number of nitrogens with one attached hydrogen (secondary N) is 1. The van der Waals surface area contributed by atoms with Gasteiger partial charge in [-0.3, -0.25) is 4.79 Å². The van der Waals surface area contributed by atoms with Crippen LogP contribution in [0.2, 0.25) is 0 Å². The van der Waals surface area contributed by atoms with Crippen LogP contribution in [0.3, 0.4) is 0 Å². The van der Waals surface area contributed by atoms with Crippen molar-refractivity contribution in [2.24, 2.45) is 5.73 Å². The smallest absolute Gasteiger partial charge is 0.244 e. The molecule has 1 fully saturated rings. The summed E-state index contributed by atoms with van der Waals surface area (Å²) in [5.74, 6) is -0.137. The van der Waals surface area contributed by atoms with Crippen LogP contribution in [0.1, 0.15) is 24.8 Å². The van der Waals surface area contributed by atoms with Gasteiger partial charge in [-0.1, -0.05) is 6.07 Å². The van der Waals surface area contributed by atoms with Crippen LogP contribution in [0.25, 0.3) is 0 Å². The lowest BCUT2D eigenvalue weighted by Crippen LogP contribution is -2.56. The van der Waals surface area contributed by atoms with E-state index in [4.69, 9.17) is 5.73 Å². The summed E-state index contributed by atoms with van der Waals surface area (Å²) in [5, 5.41) is 12.3. The molecule has 2 rings (SSSR count). The van der Waals surface area contributed by atoms with Gasteiger partial charge in [-0.25, -0.2) is 0 Å². The first-order chi connectivity index (χ1) is 7.51. The largest absolute Gasteiger partial charge is 0.506 e. The molecular weight excluding hydrogens is 240 g/mol. The van der Waals surface area contributed by atoms with E-state index in [1.165, 1.54) is 0 Å². The van der Waals surface area contributed by atoms with Gasteiger partial charge in [0.1, 0.15) is 5.75 Å². The SMILES string of the molecule is Cc1ccc(O)c(NC(=O)C2(N)CCC2)c1.Cl. The lowest BCUT2D eigenvalue weighted by molar-refractivity contribution is -0.123. The number of phenols is 1. The normalized spacial score (nSPS) is 16.6. The van der Waals surface area contributed by atoms with E-state index in [2.05, 4.69) is 5.32 Å². The number of carbonyl (C=O) groups is 1. The molecule has 4 N–H and O–H groups in total. The van der Waals surface area contributed by atoms with Crippen LogP contribution in [-0.4, -0.2) is 16.6 Å². The average molecular weight is 257 g/mol. The van der Waals surface area contributed by atoms with Crippen molar-refractivity contribution in [2.75, 3.05) is 5.32 Å². The van der Waals surface area contributed by atoms with Crippen LogP contribution in [-0.2, 0) is 4.79 Å². The zero-order valence-electron chi connectivity index (χ0n) is 9.69. The zero-order chi connectivity index (χ0) is 11.8. The Morgan fingerprint density at radius 3 is 2.65 bits per heavy atom. The number of aryl methyl sites for hydroxylation is 1. The van der Waals surface area contributed by atoms with Gasteiger partial charge in [0.15, 0.2) is 0 Å². The second kappa shape index (κ2) is 4.94. The van der Waals surface area contributed by atoms with Crippen molar-refractivity contribution in [1.29, 1.82) is 0 Å². The van der Waals surface area contributed by atoms with Gasteiger partial charge >= 0.3 is 0 Å². The van der Waals surface area contributed by atoms with Crippen molar-refractivity contribution in [3.05, 3.63) is 23.8 Å². The number of carbonyl (C=O) groups excluding carboxylic acids is 1. The molecule has 0 saturated heterocycles. The first-order valence-electron chi connectivity index (χ1n) is 5.41. The Bertz CT molecular complexity index is 431. The monoisotopic (exact) mass is 256 g/mol. The number of aromatic hydroxyl groups is 1. The van der Waals surface area contributed by atoms with E-state index >= 15 is 0 Å². The molecule has 4 nitrogen and oxygen atoms in total. The Morgan fingerprint density at radius 2 is 2.12 bits per heavy atom. The fourth-order valence-electron chi connectivity index (χ4n) is 1.78. The summed E-state index contributed by atoms with van der Waals surface area (Å²) >= 11 is 0. The number of anilines is 1. The maximum Gasteiger partial charge on any atom is 0.244 e. The predicted octanol–water partition coefficient (Wildman–Crippen LogP) is 1.94. The molecule has 1 aromatic carbocycles. The second-order valence-corrected chi connectivity index (χ2v) is 4.48. The summed E-state index contributed by atoms with van der Waals surface area (Å²) in [5.41, 5.74) is 6.56. The number of phenolic OH excluding ortho intramolecular Hbond substituents is 1. The Labute approximate surface area is 107 Å². The third kappa shape index (κ3) is 2.70. The van der Waals surface area contributed by atoms with Gasteiger partial charge in [0.25, 0.3) is 0 Å². The van der Waals surface area contributed by atoms with Crippen molar-refractivity contribution in [1.82, 2.24) is 0 Å². The summed E-state index contributed by atoms with van der Waals surface area (Å²) in [6, 6.07) is 5.08. The minimum Gasteiger partial charge on any atom is -0.506 e. The highest BCUT2D eigenvalue weighted by Crippen LogP contribution is 2.32. The molecule has 1 aliphatic rings. The van der Waals surface area contributed by atoms with Gasteiger partial charge < -0.3 is 16.2 Å². The Morgan fingerprint density at radius 1 is 1.47 bits per heavy atom. The quantitative estimate of drug-likeness (QED) is 0.708. The molecule has 0 unspecified atom stereocenters. The molecule has 1 aromatic rings. The lowest BCUT2D eigenvalue weighted by Gasteiger charge is -2.36. The van der Waals surface area contributed by atoms with Crippen molar-refractivity contribution >= 4 is 24.0 Å². The number of halogens is 1. The maximum atomic E-state index is 11.8. The summed E-state index contributed by atoms with van der Waals surface area (Å²) < 4.78 is 0. The van der Waals surface area contributed by atoms with E-state index in [9.17, 15) is 9.90 Å². The van der Waals surface area contributed by atoms with Crippen molar-refractivity contribution < 1.29 is 9.90 Å². The number of hydrogen-bond acceptors (Lipinski definition) is 3. The van der Waals surface area contributed by atoms with E-state index in [-0.39, 0.29) is 24.1 Å². The van der Waals surface area contributed by atoms with E-state index in [1.54, 1.807) is 18.2 Å². The highest BCUT2D eigenvalue weighted by Gasteiger charge is 2.40. The van der Waals surface area contributed by atoms with Crippen LogP contribution in [0, 0.1) is 6.92 Å². The average Bonchev–Trinajstić information content (AvgIpc) is 2.20. The topological polar surface area (TPSA) is 75.3 Å². The standard InChI is InChI=1S/C12H16N2O2.ClH/c1-8-3-4-10(15)9(7-8)14-11(16)12(13)5-2-6-12;/h3-4,7,15H,2,5-6,13H2,1H3,(H,14,16);1H. The third-order valence-corrected chi connectivity index (χ3v) is 3.10. The molecule has 0 aromatic heterocycles. The molecule has 17 heavy (non-hydrogen) atoms. The Kier molecular flexibility index (Phi) is 4.01. The van der Waals surface area contributed by atoms with Crippen molar-refractivity contribution in [2.45, 2.75) is 31.7 Å². The first-order valence-corrected chi connectivity index (χ1v) is 5.41. The van der Waals surface area contributed by atoms with Gasteiger partial charge in [0.2, 0.25) is 5.91 Å². The first kappa shape index (κ1) is 13.8. The molecule has 0 heterocycles. The molecule has 1 aliphatic carbocycles. The highest BCUT2D eigenvalue weighted by molar-refractivity contribution is 5.99. The molecule has 0 radical (unpaired) electrons. The molecule has 94 valence electrons. The van der Waals surface area contributed by atoms with Crippen LogP contribution in [0.4, 0.5) is 5.69 Å². The highest BCUT2D eigenvalue weighted by atomic mass is 35.5.